The van der Waals surface area contributed by atoms with Crippen LogP contribution in [0.4, 0.5) is 0 Å². The number of nitrogens with zero attached hydrogens (tertiary/aromatic N) is 2. The van der Waals surface area contributed by atoms with E-state index in [-0.39, 0.29) is 11.3 Å². The number of hydrogen-bond acceptors (Lipinski definition) is 4. The van der Waals surface area contributed by atoms with Gasteiger partial charge in [0.05, 0.1) is 5.41 Å². The fourth-order valence-electron chi connectivity index (χ4n) is 3.86. The van der Waals surface area contributed by atoms with E-state index in [1.807, 2.05) is 54.6 Å². The van der Waals surface area contributed by atoms with Crippen molar-refractivity contribution >= 4 is 5.91 Å². The van der Waals surface area contributed by atoms with Gasteiger partial charge in [-0.05, 0) is 67.4 Å². The Bertz CT molecular complexity index is 978. The summed E-state index contributed by atoms with van der Waals surface area (Å²) in [7, 11) is 0. The van der Waals surface area contributed by atoms with E-state index in [0.717, 1.165) is 43.1 Å². The van der Waals surface area contributed by atoms with Crippen LogP contribution in [0.1, 0.15) is 24.5 Å². The Labute approximate surface area is 177 Å². The summed E-state index contributed by atoms with van der Waals surface area (Å²) in [5.41, 5.74) is 1.88. The van der Waals surface area contributed by atoms with Gasteiger partial charge in [-0.1, -0.05) is 30.3 Å². The van der Waals surface area contributed by atoms with Gasteiger partial charge in [0.1, 0.15) is 11.5 Å². The van der Waals surface area contributed by atoms with Crippen LogP contribution < -0.4 is 10.1 Å². The molecule has 1 aliphatic rings. The van der Waals surface area contributed by atoms with E-state index >= 15 is 0 Å². The number of hydrogen-bond donors (Lipinski definition) is 1. The van der Waals surface area contributed by atoms with Crippen molar-refractivity contribution in [2.75, 3.05) is 13.1 Å². The third-order valence-corrected chi connectivity index (χ3v) is 5.59. The Morgan fingerprint density at radius 1 is 1.03 bits per heavy atom. The third kappa shape index (κ3) is 5.05. The first-order valence-corrected chi connectivity index (χ1v) is 10.3. The number of carbonyl (C=O) groups excluding carboxylic acids is 1. The molecule has 2 aromatic carbocycles. The van der Waals surface area contributed by atoms with Gasteiger partial charge in [-0.2, -0.15) is 0 Å². The maximum absolute atomic E-state index is 12.8. The van der Waals surface area contributed by atoms with Crippen LogP contribution in [0, 0.1) is 5.41 Å². The number of aromatic nitrogens is 1. The van der Waals surface area contributed by atoms with Crippen molar-refractivity contribution in [3.8, 4) is 11.5 Å². The molecule has 1 amide bonds. The van der Waals surface area contributed by atoms with Crippen LogP contribution in [-0.2, 0) is 17.9 Å². The highest BCUT2D eigenvalue weighted by molar-refractivity contribution is 5.82. The smallest absolute Gasteiger partial charge is 0.227 e. The summed E-state index contributed by atoms with van der Waals surface area (Å²) in [6, 6.07) is 21.8. The molecule has 154 valence electrons. The van der Waals surface area contributed by atoms with Gasteiger partial charge in [0.2, 0.25) is 5.91 Å². The lowest BCUT2D eigenvalue weighted by Gasteiger charge is -2.24. The zero-order valence-electron chi connectivity index (χ0n) is 17.3. The summed E-state index contributed by atoms with van der Waals surface area (Å²) >= 11 is 0. The van der Waals surface area contributed by atoms with Gasteiger partial charge in [0.15, 0.2) is 0 Å². The molecule has 0 saturated carbocycles. The second-order valence-electron chi connectivity index (χ2n) is 8.12. The van der Waals surface area contributed by atoms with Crippen LogP contribution in [0.2, 0.25) is 0 Å². The maximum atomic E-state index is 12.8. The Kier molecular flexibility index (Phi) is 6.10. The minimum Gasteiger partial charge on any atom is -0.457 e. The molecule has 1 aromatic heterocycles. The first kappa shape index (κ1) is 20.1. The molecule has 1 unspecified atom stereocenters. The summed E-state index contributed by atoms with van der Waals surface area (Å²) in [5, 5.41) is 3.09. The van der Waals surface area contributed by atoms with Gasteiger partial charge in [0.25, 0.3) is 0 Å². The molecule has 1 saturated heterocycles. The van der Waals surface area contributed by atoms with Gasteiger partial charge in [-0.25, -0.2) is 0 Å². The van der Waals surface area contributed by atoms with Crippen LogP contribution in [0.5, 0.6) is 11.5 Å². The predicted molar refractivity (Wildman–Crippen MR) is 117 cm³/mol. The Balaban J connectivity index is 1.33. The van der Waals surface area contributed by atoms with E-state index in [1.165, 1.54) is 5.56 Å². The number of para-hydroxylation sites is 1. The minimum atomic E-state index is -0.370. The fourth-order valence-corrected chi connectivity index (χ4v) is 3.86. The zero-order valence-corrected chi connectivity index (χ0v) is 17.3. The predicted octanol–water partition coefficient (Wildman–Crippen LogP) is 4.40. The number of rotatable bonds is 7. The first-order valence-electron chi connectivity index (χ1n) is 10.3. The number of benzene rings is 2. The summed E-state index contributed by atoms with van der Waals surface area (Å²) in [6.07, 6.45) is 4.35. The van der Waals surface area contributed by atoms with Crippen molar-refractivity contribution < 1.29 is 9.53 Å². The van der Waals surface area contributed by atoms with Crippen LogP contribution in [-0.4, -0.2) is 28.9 Å². The largest absolute Gasteiger partial charge is 0.457 e. The molecule has 5 nitrogen and oxygen atoms in total. The second-order valence-corrected chi connectivity index (χ2v) is 8.12. The SMILES string of the molecule is CC1(C(=O)NCc2ccncc2)CCN(Cc2cccc(Oc3ccccc3)c2)C1. The number of ether oxygens (including phenoxy) is 1. The lowest BCUT2D eigenvalue weighted by molar-refractivity contribution is -0.129. The molecular weight excluding hydrogens is 374 g/mol. The molecule has 4 rings (SSSR count). The molecule has 30 heavy (non-hydrogen) atoms. The normalized spacial score (nSPS) is 18.8. The summed E-state index contributed by atoms with van der Waals surface area (Å²) in [5.74, 6) is 1.77. The number of carbonyl (C=O) groups is 1. The van der Waals surface area contributed by atoms with Crippen LogP contribution in [0.15, 0.2) is 79.1 Å². The average molecular weight is 402 g/mol. The molecule has 0 radical (unpaired) electrons. The quantitative estimate of drug-likeness (QED) is 0.637. The highest BCUT2D eigenvalue weighted by Crippen LogP contribution is 2.32. The van der Waals surface area contributed by atoms with Gasteiger partial charge >= 0.3 is 0 Å². The van der Waals surface area contributed by atoms with E-state index in [4.69, 9.17) is 4.74 Å². The molecule has 1 aliphatic heterocycles. The molecular formula is C25H27N3O2. The van der Waals surface area contributed by atoms with Crippen LogP contribution in [0.25, 0.3) is 0 Å². The Morgan fingerprint density at radius 2 is 1.80 bits per heavy atom. The number of nitrogens with one attached hydrogen (secondary N) is 1. The number of amides is 1. The molecule has 3 aromatic rings. The Hall–Kier alpha value is -3.18. The maximum Gasteiger partial charge on any atom is 0.227 e. The Morgan fingerprint density at radius 3 is 2.60 bits per heavy atom. The standard InChI is InChI=1S/C25H27N3O2/c1-25(24(29)27-17-20-10-13-26-14-11-20)12-15-28(19-25)18-21-6-5-9-23(16-21)30-22-7-3-2-4-8-22/h2-11,13-14,16H,12,15,17-19H2,1H3,(H,27,29). The third-order valence-electron chi connectivity index (χ3n) is 5.59. The molecule has 1 fully saturated rings. The van der Waals surface area contributed by atoms with Crippen molar-refractivity contribution in [3.05, 3.63) is 90.3 Å². The number of pyridine rings is 1. The van der Waals surface area contributed by atoms with E-state index in [9.17, 15) is 4.79 Å². The monoisotopic (exact) mass is 401 g/mol. The molecule has 2 heterocycles. The van der Waals surface area contributed by atoms with Crippen molar-refractivity contribution in [2.45, 2.75) is 26.4 Å². The molecule has 5 heteroatoms. The summed E-state index contributed by atoms with van der Waals surface area (Å²) in [4.78, 5) is 19.2. The van der Waals surface area contributed by atoms with Crippen molar-refractivity contribution in [1.29, 1.82) is 0 Å². The van der Waals surface area contributed by atoms with Crippen LogP contribution in [0.3, 0.4) is 0 Å². The topological polar surface area (TPSA) is 54.5 Å². The highest BCUT2D eigenvalue weighted by Gasteiger charge is 2.40. The highest BCUT2D eigenvalue weighted by atomic mass is 16.5. The first-order chi connectivity index (χ1) is 14.6. The summed E-state index contributed by atoms with van der Waals surface area (Å²) < 4.78 is 5.95. The van der Waals surface area contributed by atoms with Gasteiger partial charge < -0.3 is 10.1 Å². The van der Waals surface area contributed by atoms with Crippen molar-refractivity contribution in [2.24, 2.45) is 5.41 Å². The van der Waals surface area contributed by atoms with Crippen molar-refractivity contribution in [1.82, 2.24) is 15.2 Å². The summed E-state index contributed by atoms with van der Waals surface area (Å²) in [6.45, 7) is 5.06. The van der Waals surface area contributed by atoms with Crippen LogP contribution >= 0.6 is 0 Å². The van der Waals surface area contributed by atoms with E-state index < -0.39 is 0 Å². The fraction of sp³-hybridized carbons (Fsp3) is 0.280. The molecule has 1 atom stereocenters. The lowest BCUT2D eigenvalue weighted by Crippen LogP contribution is -2.40. The molecule has 0 aliphatic carbocycles. The van der Waals surface area contributed by atoms with E-state index in [1.54, 1.807) is 12.4 Å². The molecule has 0 spiro atoms. The second kappa shape index (κ2) is 9.09. The molecule has 1 N–H and O–H groups in total. The molecule has 0 bridgehead atoms. The van der Waals surface area contributed by atoms with E-state index in [0.29, 0.717) is 6.54 Å². The van der Waals surface area contributed by atoms with Gasteiger partial charge in [-0.3, -0.25) is 14.7 Å². The van der Waals surface area contributed by atoms with Crippen molar-refractivity contribution in [3.63, 3.8) is 0 Å². The minimum absolute atomic E-state index is 0.114. The lowest BCUT2D eigenvalue weighted by atomic mass is 9.88. The zero-order chi connectivity index (χ0) is 20.8. The van der Waals surface area contributed by atoms with Gasteiger partial charge in [-0.15, -0.1) is 0 Å². The number of likely N-dealkylation sites (tertiary alicyclic amines) is 1. The average Bonchev–Trinajstić information content (AvgIpc) is 3.15. The van der Waals surface area contributed by atoms with Gasteiger partial charge in [0, 0.05) is 32.0 Å². The van der Waals surface area contributed by atoms with E-state index in [2.05, 4.69) is 34.3 Å².